The quantitative estimate of drug-likeness (QED) is 0.0362. The van der Waals surface area contributed by atoms with Gasteiger partial charge in [0, 0.05) is 12.8 Å². The molecule has 10 nitrogen and oxygen atoms in total. The van der Waals surface area contributed by atoms with Crippen LogP contribution in [0, 0.1) is 0 Å². The fraction of sp³-hybridized carbons (Fsp3) is 0.939. The molecule has 44 heavy (non-hydrogen) atoms. The van der Waals surface area contributed by atoms with E-state index >= 15 is 0 Å². The molecule has 0 aromatic heterocycles. The molecule has 0 rings (SSSR count). The highest BCUT2D eigenvalue weighted by Gasteiger charge is 2.27. The van der Waals surface area contributed by atoms with Crippen LogP contribution in [0.5, 0.6) is 0 Å². The number of aliphatic hydroxyl groups excluding tert-OH is 2. The van der Waals surface area contributed by atoms with Gasteiger partial charge in [-0.15, -0.1) is 0 Å². The summed E-state index contributed by atoms with van der Waals surface area (Å²) in [5.74, 6) is -1.02. The van der Waals surface area contributed by atoms with Crippen molar-refractivity contribution in [3.63, 3.8) is 0 Å². The van der Waals surface area contributed by atoms with E-state index in [1.165, 1.54) is 83.5 Å². The number of ether oxygens (including phenoxy) is 2. The largest absolute Gasteiger partial charge is 0.472 e. The summed E-state index contributed by atoms with van der Waals surface area (Å²) >= 11 is 0. The molecule has 0 aliphatic carbocycles. The fourth-order valence-corrected chi connectivity index (χ4v) is 5.60. The number of phosphoric acid groups is 1. The molecule has 0 aliphatic rings. The molecule has 11 heteroatoms. The lowest BCUT2D eigenvalue weighted by Crippen LogP contribution is -2.28. The third kappa shape index (κ3) is 28.4. The zero-order valence-corrected chi connectivity index (χ0v) is 28.8. The van der Waals surface area contributed by atoms with E-state index in [0.717, 1.165) is 38.5 Å². The first kappa shape index (κ1) is 43.0. The van der Waals surface area contributed by atoms with E-state index in [9.17, 15) is 29.3 Å². The minimum atomic E-state index is -4.61. The van der Waals surface area contributed by atoms with E-state index < -0.39 is 58.4 Å². The molecule has 0 saturated heterocycles. The molecule has 0 spiro atoms. The second-order valence-electron chi connectivity index (χ2n) is 11.9. The molecule has 0 saturated carbocycles. The first-order valence-corrected chi connectivity index (χ1v) is 19.0. The normalized spacial score (nSPS) is 14.2. The number of aliphatic hydroxyl groups is 2. The van der Waals surface area contributed by atoms with Gasteiger partial charge >= 0.3 is 19.8 Å². The van der Waals surface area contributed by atoms with E-state index in [0.29, 0.717) is 12.8 Å². The van der Waals surface area contributed by atoms with Crippen molar-refractivity contribution in [3.05, 3.63) is 0 Å². The lowest BCUT2D eigenvalue weighted by molar-refractivity contribution is -0.153. The number of unbranched alkanes of at least 4 members (excludes halogenated alkanes) is 19. The van der Waals surface area contributed by atoms with Gasteiger partial charge in [-0.2, -0.15) is 0 Å². The molecular weight excluding hydrogens is 587 g/mol. The summed E-state index contributed by atoms with van der Waals surface area (Å²) in [5, 5.41) is 19.0. The van der Waals surface area contributed by atoms with Crippen LogP contribution in [0.2, 0.25) is 0 Å². The number of rotatable bonds is 33. The third-order valence-corrected chi connectivity index (χ3v) is 8.52. The fourth-order valence-electron chi connectivity index (χ4n) is 4.82. The van der Waals surface area contributed by atoms with Crippen LogP contribution in [0.4, 0.5) is 0 Å². The minimum absolute atomic E-state index is 0.197. The summed E-state index contributed by atoms with van der Waals surface area (Å²) in [4.78, 5) is 34.2. The SMILES string of the molecule is CCCCCCCCCCCCCCC(=O)OC(CO)COP(=O)(O)OCC(CO)OC(=O)CCCCCCCCCCC. The molecule has 0 aromatic carbocycles. The molecule has 0 aliphatic heterocycles. The lowest BCUT2D eigenvalue weighted by Gasteiger charge is -2.20. The summed E-state index contributed by atoms with van der Waals surface area (Å²) in [5.41, 5.74) is 0. The van der Waals surface area contributed by atoms with Crippen molar-refractivity contribution in [3.8, 4) is 0 Å². The average Bonchev–Trinajstić information content (AvgIpc) is 3.01. The molecule has 3 atom stereocenters. The zero-order chi connectivity index (χ0) is 32.7. The summed E-state index contributed by atoms with van der Waals surface area (Å²) in [7, 11) is -4.61. The highest BCUT2D eigenvalue weighted by atomic mass is 31.2. The summed E-state index contributed by atoms with van der Waals surface area (Å²) in [6.45, 7) is 2.16. The second kappa shape index (κ2) is 30.6. The zero-order valence-electron chi connectivity index (χ0n) is 27.9. The van der Waals surface area contributed by atoms with Gasteiger partial charge in [0.25, 0.3) is 0 Å². The van der Waals surface area contributed by atoms with Crippen LogP contribution in [0.3, 0.4) is 0 Å². The van der Waals surface area contributed by atoms with Crippen molar-refractivity contribution in [1.29, 1.82) is 0 Å². The van der Waals surface area contributed by atoms with Crippen LogP contribution < -0.4 is 0 Å². The van der Waals surface area contributed by atoms with E-state index in [4.69, 9.17) is 18.5 Å². The Kier molecular flexibility index (Phi) is 29.9. The Morgan fingerprint density at radius 3 is 1.07 bits per heavy atom. The number of hydrogen-bond donors (Lipinski definition) is 3. The van der Waals surface area contributed by atoms with Crippen LogP contribution in [0.15, 0.2) is 0 Å². The Morgan fingerprint density at radius 1 is 0.523 bits per heavy atom. The van der Waals surface area contributed by atoms with Crippen LogP contribution in [0.1, 0.15) is 162 Å². The van der Waals surface area contributed by atoms with Crippen molar-refractivity contribution in [2.45, 2.75) is 174 Å². The second-order valence-corrected chi connectivity index (χ2v) is 13.3. The molecule has 262 valence electrons. The standard InChI is InChI=1S/C33H65O10P/c1-3-5-7-9-11-13-14-15-17-19-21-23-25-33(37)43-31(27-35)29-41-44(38,39)40-28-30(26-34)42-32(36)24-22-20-18-16-12-10-8-6-4-2/h30-31,34-35H,3-29H2,1-2H3,(H,38,39). The number of carbonyl (C=O) groups excluding carboxylic acids is 2. The lowest BCUT2D eigenvalue weighted by atomic mass is 10.0. The number of phosphoric ester groups is 1. The summed E-state index contributed by atoms with van der Waals surface area (Å²) < 4.78 is 32.3. The Labute approximate surface area is 267 Å². The Balaban J connectivity index is 4.01. The van der Waals surface area contributed by atoms with Crippen molar-refractivity contribution >= 4 is 19.8 Å². The van der Waals surface area contributed by atoms with Crippen molar-refractivity contribution in [2.75, 3.05) is 26.4 Å². The van der Waals surface area contributed by atoms with Crippen LogP contribution in [-0.2, 0) is 32.7 Å². The first-order valence-electron chi connectivity index (χ1n) is 17.5. The average molecular weight is 653 g/mol. The van der Waals surface area contributed by atoms with E-state index in [1.54, 1.807) is 0 Å². The van der Waals surface area contributed by atoms with Crippen LogP contribution in [0.25, 0.3) is 0 Å². The number of hydrogen-bond acceptors (Lipinski definition) is 9. The third-order valence-electron chi connectivity index (χ3n) is 7.57. The van der Waals surface area contributed by atoms with Crippen molar-refractivity contribution < 1.29 is 47.8 Å². The smallest absolute Gasteiger partial charge is 0.457 e. The maximum atomic E-state index is 12.2. The minimum Gasteiger partial charge on any atom is -0.457 e. The first-order chi connectivity index (χ1) is 21.3. The maximum absolute atomic E-state index is 12.2. The van der Waals surface area contributed by atoms with Crippen LogP contribution in [-0.4, -0.2) is 65.7 Å². The van der Waals surface area contributed by atoms with Gasteiger partial charge in [-0.3, -0.25) is 18.6 Å². The predicted molar refractivity (Wildman–Crippen MR) is 173 cm³/mol. The topological polar surface area (TPSA) is 149 Å². The molecule has 0 radical (unpaired) electrons. The van der Waals surface area contributed by atoms with Gasteiger partial charge in [0.05, 0.1) is 26.4 Å². The molecule has 3 unspecified atom stereocenters. The molecule has 0 aromatic rings. The van der Waals surface area contributed by atoms with Crippen molar-refractivity contribution in [1.82, 2.24) is 0 Å². The molecular formula is C33H65O10P. The Hall–Kier alpha value is -1.03. The van der Waals surface area contributed by atoms with Gasteiger partial charge in [-0.25, -0.2) is 4.57 Å². The molecule has 3 N–H and O–H groups in total. The number of carbonyl (C=O) groups is 2. The highest BCUT2D eigenvalue weighted by Crippen LogP contribution is 2.43. The summed E-state index contributed by atoms with van der Waals surface area (Å²) in [6, 6.07) is 0. The van der Waals surface area contributed by atoms with Gasteiger partial charge in [-0.1, -0.05) is 136 Å². The van der Waals surface area contributed by atoms with Gasteiger partial charge in [-0.05, 0) is 12.8 Å². The van der Waals surface area contributed by atoms with Gasteiger partial charge < -0.3 is 24.6 Å². The number of esters is 2. The van der Waals surface area contributed by atoms with E-state index in [2.05, 4.69) is 13.8 Å². The van der Waals surface area contributed by atoms with E-state index in [-0.39, 0.29) is 12.8 Å². The predicted octanol–water partition coefficient (Wildman–Crippen LogP) is 7.94. The van der Waals surface area contributed by atoms with Gasteiger partial charge in [0.2, 0.25) is 0 Å². The molecule has 0 heterocycles. The van der Waals surface area contributed by atoms with E-state index in [1.807, 2.05) is 0 Å². The summed E-state index contributed by atoms with van der Waals surface area (Å²) in [6.07, 6.45) is 22.3. The van der Waals surface area contributed by atoms with Gasteiger partial charge in [0.15, 0.2) is 0 Å². The molecule has 0 fully saturated rings. The van der Waals surface area contributed by atoms with Crippen LogP contribution >= 0.6 is 7.82 Å². The molecule has 0 bridgehead atoms. The Morgan fingerprint density at radius 2 is 0.795 bits per heavy atom. The monoisotopic (exact) mass is 652 g/mol. The molecule has 0 amide bonds. The van der Waals surface area contributed by atoms with Gasteiger partial charge in [0.1, 0.15) is 12.2 Å². The van der Waals surface area contributed by atoms with Crippen molar-refractivity contribution in [2.24, 2.45) is 0 Å². The highest BCUT2D eigenvalue weighted by molar-refractivity contribution is 7.47. The maximum Gasteiger partial charge on any atom is 0.472 e. The Bertz CT molecular complexity index is 721.